The molecule has 0 amide bonds. The molecule has 0 aromatic rings. The Hall–Kier alpha value is 0.447. The van der Waals surface area contributed by atoms with E-state index in [4.69, 9.17) is 21.8 Å². The van der Waals surface area contributed by atoms with Crippen LogP contribution in [0, 0.1) is 0 Å². The Bertz CT molecular complexity index is 540. The molecule has 0 aliphatic carbocycles. The monoisotopic (exact) mass is 1140 g/mol. The Morgan fingerprint density at radius 1 is 0.444 bits per heavy atom. The number of carboxylic acids is 1. The minimum Gasteiger partial charge on any atom is -0.693 e. The summed E-state index contributed by atoms with van der Waals surface area (Å²) in [5.41, 5.74) is 14.1. The summed E-state index contributed by atoms with van der Waals surface area (Å²) in [4.78, 5) is 14.3. The molecule has 0 aromatic heterocycles. The molecule has 0 fully saturated rings. The SMILES string of the molecule is CCCCCCCCCCCCC(=O)O.CCCCCCCCCCCCCOO.[NH-]CCCCCC[NH2+]CC[NH2+]CCCCCC[NH-].[NH2-].[NH2-].[NH2-].[NH2-].[Pt].[Pt]. The maximum atomic E-state index is 10.2. The molecule has 0 aliphatic heterocycles. The summed E-state index contributed by atoms with van der Waals surface area (Å²) < 4.78 is 0. The Labute approximate surface area is 365 Å². The van der Waals surface area contributed by atoms with Crippen LogP contribution in [0.5, 0.6) is 0 Å². The number of hydrogen-bond acceptors (Lipinski definition) is 3. The molecule has 0 aromatic carbocycles. The minimum atomic E-state index is -0.658. The quantitative estimate of drug-likeness (QED) is 0.0266. The van der Waals surface area contributed by atoms with Crippen LogP contribution in [0.4, 0.5) is 0 Å². The van der Waals surface area contributed by atoms with Gasteiger partial charge < -0.3 is 51.8 Å². The molecule has 16 N–H and O–H groups in total. The first-order chi connectivity index (χ1) is 23.6. The van der Waals surface area contributed by atoms with Crippen molar-refractivity contribution in [1.29, 1.82) is 0 Å². The van der Waals surface area contributed by atoms with Crippen LogP contribution in [0.1, 0.15) is 206 Å². The number of aliphatic carboxylic acids is 1. The van der Waals surface area contributed by atoms with Crippen LogP contribution in [0.3, 0.4) is 0 Å². The number of carboxylic acid groups (broad SMARTS) is 1. The largest absolute Gasteiger partial charge is 0.693 e. The fourth-order valence-electron chi connectivity index (χ4n) is 5.65. The Kier molecular flexibility index (Phi) is 109. The van der Waals surface area contributed by atoms with Crippen molar-refractivity contribution >= 4 is 5.97 Å². The van der Waals surface area contributed by atoms with Gasteiger partial charge in [0.15, 0.2) is 0 Å². The van der Waals surface area contributed by atoms with Gasteiger partial charge in [0.05, 0.1) is 19.7 Å². The van der Waals surface area contributed by atoms with Gasteiger partial charge in [0.1, 0.15) is 13.1 Å². The van der Waals surface area contributed by atoms with Gasteiger partial charge in [-0.05, 0) is 38.5 Å². The average Bonchev–Trinajstić information content (AvgIpc) is 3.09. The van der Waals surface area contributed by atoms with Crippen molar-refractivity contribution in [3.8, 4) is 0 Å². The number of rotatable bonds is 38. The van der Waals surface area contributed by atoms with Crippen molar-refractivity contribution in [3.05, 3.63) is 36.1 Å². The van der Waals surface area contributed by atoms with E-state index in [0.29, 0.717) is 26.1 Å². The molecule has 0 radical (unpaired) electrons. The van der Waals surface area contributed by atoms with Gasteiger partial charge in [0, 0.05) is 48.6 Å². The smallest absolute Gasteiger partial charge is 0.303 e. The van der Waals surface area contributed by atoms with Crippen LogP contribution >= 0.6 is 0 Å². The van der Waals surface area contributed by atoms with Crippen LogP contribution in [0.2, 0.25) is 0 Å². The van der Waals surface area contributed by atoms with Crippen molar-refractivity contribution in [2.24, 2.45) is 0 Å². The molecular weight excluding hydrogens is 1050 g/mol. The number of carbonyl (C=O) groups is 1. The number of nitrogens with one attached hydrogen (secondary N) is 2. The summed E-state index contributed by atoms with van der Waals surface area (Å²) in [6.07, 6.45) is 37.4. The molecule has 344 valence electrons. The van der Waals surface area contributed by atoms with Gasteiger partial charge in [-0.1, -0.05) is 162 Å². The third-order valence-electron chi connectivity index (χ3n) is 8.83. The van der Waals surface area contributed by atoms with E-state index >= 15 is 0 Å². The molecule has 54 heavy (non-hydrogen) atoms. The molecule has 0 atom stereocenters. The van der Waals surface area contributed by atoms with Crippen molar-refractivity contribution in [2.45, 2.75) is 206 Å². The predicted octanol–water partition coefficient (Wildman–Crippen LogP) is 13.4. The molecule has 0 bridgehead atoms. The minimum absolute atomic E-state index is 0. The van der Waals surface area contributed by atoms with Gasteiger partial charge in [-0.25, -0.2) is 4.89 Å². The molecule has 0 saturated carbocycles. The van der Waals surface area contributed by atoms with E-state index in [1.165, 1.54) is 180 Å². The zero-order valence-corrected chi connectivity index (χ0v) is 40.0. The summed E-state index contributed by atoms with van der Waals surface area (Å²) >= 11 is 0. The van der Waals surface area contributed by atoms with Gasteiger partial charge in [-0.3, -0.25) is 10.1 Å². The normalized spacial score (nSPS) is 9.57. The van der Waals surface area contributed by atoms with Crippen LogP contribution in [0.25, 0.3) is 36.1 Å². The number of unbranched alkanes of at least 4 members (excludes halogenated alkanes) is 25. The second-order valence-electron chi connectivity index (χ2n) is 13.8. The van der Waals surface area contributed by atoms with E-state index in [1.807, 2.05) is 0 Å². The van der Waals surface area contributed by atoms with Crippen LogP contribution in [-0.2, 0) is 51.8 Å². The van der Waals surface area contributed by atoms with E-state index in [1.54, 1.807) is 0 Å². The molecule has 14 heteroatoms. The first-order valence-corrected chi connectivity index (χ1v) is 21.0. The van der Waals surface area contributed by atoms with E-state index in [9.17, 15) is 4.79 Å². The van der Waals surface area contributed by atoms with Crippen molar-refractivity contribution < 1.29 is 72.8 Å². The summed E-state index contributed by atoms with van der Waals surface area (Å²) in [5.74, 6) is -0.658. The molecule has 0 spiro atoms. The van der Waals surface area contributed by atoms with E-state index in [2.05, 4.69) is 29.4 Å². The Morgan fingerprint density at radius 3 is 1.02 bits per heavy atom. The van der Waals surface area contributed by atoms with E-state index in [-0.39, 0.29) is 66.7 Å². The van der Waals surface area contributed by atoms with E-state index < -0.39 is 5.97 Å². The summed E-state index contributed by atoms with van der Waals surface area (Å²) in [5, 5.41) is 21.4. The van der Waals surface area contributed by atoms with Gasteiger partial charge >= 0.3 is 5.97 Å². The molecule has 0 aliphatic rings. The molecular formula is C40H96N8O4Pt2-4. The molecule has 0 saturated heterocycles. The topological polar surface area (TPSA) is 282 Å². The zero-order chi connectivity index (χ0) is 35.9. The van der Waals surface area contributed by atoms with Crippen LogP contribution < -0.4 is 10.6 Å². The van der Waals surface area contributed by atoms with Gasteiger partial charge in [0.2, 0.25) is 0 Å². The zero-order valence-electron chi connectivity index (χ0n) is 35.5. The van der Waals surface area contributed by atoms with Crippen molar-refractivity contribution in [2.75, 3.05) is 45.9 Å². The molecule has 12 nitrogen and oxygen atoms in total. The number of nitrogens with two attached hydrogens (primary N) is 6. The maximum absolute atomic E-state index is 10.2. The second-order valence-corrected chi connectivity index (χ2v) is 13.8. The second kappa shape index (κ2) is 77.9. The van der Waals surface area contributed by atoms with Crippen molar-refractivity contribution in [1.82, 2.24) is 0 Å². The van der Waals surface area contributed by atoms with Crippen LogP contribution in [-0.4, -0.2) is 62.2 Å². The fourth-order valence-corrected chi connectivity index (χ4v) is 5.65. The third-order valence-corrected chi connectivity index (χ3v) is 8.83. The summed E-state index contributed by atoms with van der Waals surface area (Å²) in [6.45, 7) is 11.2. The molecule has 0 heterocycles. The number of hydrogen-bond donors (Lipinski definition) is 4. The molecule has 0 rings (SSSR count). The Balaban J connectivity index is -0.0000000765. The van der Waals surface area contributed by atoms with Gasteiger partial charge in [-0.2, -0.15) is 13.1 Å². The van der Waals surface area contributed by atoms with Gasteiger partial charge in [0.25, 0.3) is 0 Å². The van der Waals surface area contributed by atoms with Gasteiger partial charge in [-0.15, -0.1) is 0 Å². The maximum Gasteiger partial charge on any atom is 0.303 e. The third kappa shape index (κ3) is 89.2. The van der Waals surface area contributed by atoms with Crippen molar-refractivity contribution in [3.63, 3.8) is 0 Å². The van der Waals surface area contributed by atoms with E-state index in [0.717, 1.165) is 32.1 Å². The molecule has 0 unspecified atom stereocenters. The summed E-state index contributed by atoms with van der Waals surface area (Å²) in [7, 11) is 0. The average molecular weight is 1140 g/mol. The predicted molar refractivity (Wildman–Crippen MR) is 229 cm³/mol. The standard InChI is InChI=1S/C14H32N4.C13H28O2.C13H26O2.4H2N.2Pt/c15-9-5-1-3-7-11-17-13-14-18-12-8-4-2-6-10-16;1-2-3-4-5-6-7-8-9-10-11-12-13-15-14;1-2-3-4-5-6-7-8-9-10-11-12-13(14)15;;;;;;/h15-18H,1-14H2;14H,2-13H2,1H3;2-12H2,1H3,(H,14,15);4*1H2;;/q-2;;;4*-1;;/p+2. The summed E-state index contributed by atoms with van der Waals surface area (Å²) in [6, 6.07) is 0. The fraction of sp³-hybridized carbons (Fsp3) is 0.975. The first-order valence-electron chi connectivity index (χ1n) is 21.0. The first kappa shape index (κ1) is 75.3. The van der Waals surface area contributed by atoms with Crippen LogP contribution in [0.15, 0.2) is 0 Å². The number of quaternary nitrogens is 2. The Morgan fingerprint density at radius 2 is 0.722 bits per heavy atom.